The van der Waals surface area contributed by atoms with Gasteiger partial charge in [0.1, 0.15) is 0 Å². The SMILES string of the molecule is O=C(Nc1ccncc1)c1ccc2c(c1)NCC2. The van der Waals surface area contributed by atoms with Crippen molar-refractivity contribution in [2.45, 2.75) is 6.42 Å². The van der Waals surface area contributed by atoms with Crippen molar-refractivity contribution in [3.63, 3.8) is 0 Å². The Morgan fingerprint density at radius 2 is 2.06 bits per heavy atom. The molecule has 4 heteroatoms. The summed E-state index contributed by atoms with van der Waals surface area (Å²) >= 11 is 0. The highest BCUT2D eigenvalue weighted by Crippen LogP contribution is 2.23. The van der Waals surface area contributed by atoms with Gasteiger partial charge < -0.3 is 10.6 Å². The van der Waals surface area contributed by atoms with E-state index in [-0.39, 0.29) is 5.91 Å². The monoisotopic (exact) mass is 239 g/mol. The van der Waals surface area contributed by atoms with Gasteiger partial charge in [-0.3, -0.25) is 9.78 Å². The first-order valence-electron chi connectivity index (χ1n) is 5.91. The molecule has 0 saturated heterocycles. The average Bonchev–Trinajstić information content (AvgIpc) is 2.87. The number of hydrogen-bond acceptors (Lipinski definition) is 3. The van der Waals surface area contributed by atoms with Crippen LogP contribution < -0.4 is 10.6 Å². The van der Waals surface area contributed by atoms with E-state index in [1.165, 1.54) is 5.56 Å². The zero-order valence-corrected chi connectivity index (χ0v) is 9.81. The summed E-state index contributed by atoms with van der Waals surface area (Å²) in [5.74, 6) is -0.0994. The summed E-state index contributed by atoms with van der Waals surface area (Å²) in [6.07, 6.45) is 4.33. The van der Waals surface area contributed by atoms with E-state index in [9.17, 15) is 4.79 Å². The lowest BCUT2D eigenvalue weighted by Crippen LogP contribution is -2.12. The van der Waals surface area contributed by atoms with Crippen molar-refractivity contribution < 1.29 is 4.79 Å². The van der Waals surface area contributed by atoms with Crippen LogP contribution in [0.3, 0.4) is 0 Å². The van der Waals surface area contributed by atoms with Crippen LogP contribution in [-0.4, -0.2) is 17.4 Å². The van der Waals surface area contributed by atoms with E-state index in [1.807, 2.05) is 18.2 Å². The molecule has 0 unspecified atom stereocenters. The molecule has 1 aliphatic rings. The molecule has 0 aliphatic carbocycles. The minimum Gasteiger partial charge on any atom is -0.384 e. The van der Waals surface area contributed by atoms with Crippen molar-refractivity contribution in [3.8, 4) is 0 Å². The van der Waals surface area contributed by atoms with Crippen LogP contribution in [0.4, 0.5) is 11.4 Å². The van der Waals surface area contributed by atoms with Gasteiger partial charge >= 0.3 is 0 Å². The van der Waals surface area contributed by atoms with Crippen molar-refractivity contribution in [1.82, 2.24) is 4.98 Å². The standard InChI is InChI=1S/C14H13N3O/c18-14(17-12-4-6-15-7-5-12)11-2-1-10-3-8-16-13(10)9-11/h1-2,4-7,9,16H,3,8H2,(H,15,17,18). The molecule has 1 aromatic carbocycles. The fourth-order valence-corrected chi connectivity index (χ4v) is 2.07. The summed E-state index contributed by atoms with van der Waals surface area (Å²) < 4.78 is 0. The molecule has 0 bridgehead atoms. The van der Waals surface area contributed by atoms with Crippen molar-refractivity contribution >= 4 is 17.3 Å². The van der Waals surface area contributed by atoms with E-state index in [4.69, 9.17) is 0 Å². The smallest absolute Gasteiger partial charge is 0.255 e. The second-order valence-corrected chi connectivity index (χ2v) is 4.24. The molecule has 0 atom stereocenters. The van der Waals surface area contributed by atoms with Gasteiger partial charge in [-0.25, -0.2) is 0 Å². The first kappa shape index (κ1) is 10.8. The van der Waals surface area contributed by atoms with Gasteiger partial charge in [0.05, 0.1) is 0 Å². The highest BCUT2D eigenvalue weighted by molar-refractivity contribution is 6.04. The Bertz CT molecular complexity index is 581. The van der Waals surface area contributed by atoms with Crippen LogP contribution in [0.2, 0.25) is 0 Å². The fourth-order valence-electron chi connectivity index (χ4n) is 2.07. The lowest BCUT2D eigenvalue weighted by molar-refractivity contribution is 0.102. The maximum absolute atomic E-state index is 12.1. The van der Waals surface area contributed by atoms with Crippen molar-refractivity contribution in [1.29, 1.82) is 0 Å². The van der Waals surface area contributed by atoms with E-state index in [2.05, 4.69) is 15.6 Å². The highest BCUT2D eigenvalue weighted by atomic mass is 16.1. The third-order valence-corrected chi connectivity index (χ3v) is 3.02. The van der Waals surface area contributed by atoms with Crippen LogP contribution in [-0.2, 0) is 6.42 Å². The zero-order valence-electron chi connectivity index (χ0n) is 9.81. The third-order valence-electron chi connectivity index (χ3n) is 3.02. The Hall–Kier alpha value is -2.36. The van der Waals surface area contributed by atoms with Crippen LogP contribution in [0.5, 0.6) is 0 Å². The molecule has 2 heterocycles. The summed E-state index contributed by atoms with van der Waals surface area (Å²) in [6.45, 7) is 0.949. The number of hydrogen-bond donors (Lipinski definition) is 2. The zero-order chi connectivity index (χ0) is 12.4. The topological polar surface area (TPSA) is 54.0 Å². The van der Waals surface area contributed by atoms with Crippen molar-refractivity contribution in [2.75, 3.05) is 17.2 Å². The van der Waals surface area contributed by atoms with Gasteiger partial charge in [0.15, 0.2) is 0 Å². The maximum Gasteiger partial charge on any atom is 0.255 e. The van der Waals surface area contributed by atoms with Gasteiger partial charge in [0.25, 0.3) is 5.91 Å². The molecule has 0 fully saturated rings. The number of anilines is 2. The molecule has 18 heavy (non-hydrogen) atoms. The number of carbonyl (C=O) groups is 1. The second kappa shape index (κ2) is 4.49. The molecule has 90 valence electrons. The molecule has 1 amide bonds. The highest BCUT2D eigenvalue weighted by Gasteiger charge is 2.13. The number of aromatic nitrogens is 1. The van der Waals surface area contributed by atoms with Gasteiger partial charge in [-0.15, -0.1) is 0 Å². The Morgan fingerprint density at radius 1 is 1.22 bits per heavy atom. The molecule has 4 nitrogen and oxygen atoms in total. The lowest BCUT2D eigenvalue weighted by atomic mass is 10.1. The number of amides is 1. The number of nitrogens with one attached hydrogen (secondary N) is 2. The van der Waals surface area contributed by atoms with E-state index in [0.717, 1.165) is 24.3 Å². The summed E-state index contributed by atoms with van der Waals surface area (Å²) in [5, 5.41) is 6.11. The van der Waals surface area contributed by atoms with Crippen molar-refractivity contribution in [3.05, 3.63) is 53.9 Å². The Morgan fingerprint density at radius 3 is 2.89 bits per heavy atom. The van der Waals surface area contributed by atoms with Gasteiger partial charge in [-0.2, -0.15) is 0 Å². The molecule has 1 aromatic heterocycles. The molecular formula is C14H13N3O. The summed E-state index contributed by atoms with van der Waals surface area (Å²) in [7, 11) is 0. The van der Waals surface area contributed by atoms with Crippen LogP contribution in [0.15, 0.2) is 42.7 Å². The van der Waals surface area contributed by atoms with Crippen LogP contribution in [0.1, 0.15) is 15.9 Å². The molecule has 1 aliphatic heterocycles. The van der Waals surface area contributed by atoms with E-state index in [1.54, 1.807) is 24.5 Å². The predicted molar refractivity (Wildman–Crippen MR) is 70.8 cm³/mol. The average molecular weight is 239 g/mol. The maximum atomic E-state index is 12.1. The summed E-state index contributed by atoms with van der Waals surface area (Å²) in [6, 6.07) is 9.31. The van der Waals surface area contributed by atoms with Gasteiger partial charge in [0, 0.05) is 35.9 Å². The molecule has 2 N–H and O–H groups in total. The minimum atomic E-state index is -0.0994. The van der Waals surface area contributed by atoms with E-state index in [0.29, 0.717) is 5.56 Å². The largest absolute Gasteiger partial charge is 0.384 e. The Labute approximate surface area is 105 Å². The summed E-state index contributed by atoms with van der Waals surface area (Å²) in [4.78, 5) is 16.0. The van der Waals surface area contributed by atoms with Gasteiger partial charge in [-0.1, -0.05) is 6.07 Å². The molecule has 0 radical (unpaired) electrons. The Balaban J connectivity index is 1.81. The number of pyridine rings is 1. The number of nitrogens with zero attached hydrogens (tertiary/aromatic N) is 1. The van der Waals surface area contributed by atoms with Crippen molar-refractivity contribution in [2.24, 2.45) is 0 Å². The third kappa shape index (κ3) is 2.05. The number of fused-ring (bicyclic) bond motifs is 1. The second-order valence-electron chi connectivity index (χ2n) is 4.24. The number of rotatable bonds is 2. The van der Waals surface area contributed by atoms with Crippen LogP contribution in [0, 0.1) is 0 Å². The van der Waals surface area contributed by atoms with Crippen LogP contribution >= 0.6 is 0 Å². The first-order valence-corrected chi connectivity index (χ1v) is 5.91. The lowest BCUT2D eigenvalue weighted by Gasteiger charge is -2.06. The quantitative estimate of drug-likeness (QED) is 0.845. The number of benzene rings is 1. The molecule has 0 saturated carbocycles. The minimum absolute atomic E-state index is 0.0994. The molecular weight excluding hydrogens is 226 g/mol. The van der Waals surface area contributed by atoms with E-state index >= 15 is 0 Å². The van der Waals surface area contributed by atoms with Gasteiger partial charge in [0.2, 0.25) is 0 Å². The normalized spacial score (nSPS) is 12.7. The summed E-state index contributed by atoms with van der Waals surface area (Å²) in [5.41, 5.74) is 3.76. The molecule has 3 rings (SSSR count). The van der Waals surface area contributed by atoms with E-state index < -0.39 is 0 Å². The van der Waals surface area contributed by atoms with Crippen LogP contribution in [0.25, 0.3) is 0 Å². The Kier molecular flexibility index (Phi) is 2.68. The number of carbonyl (C=O) groups excluding carboxylic acids is 1. The molecule has 2 aromatic rings. The molecule has 0 spiro atoms. The predicted octanol–water partition coefficient (Wildman–Crippen LogP) is 2.30. The van der Waals surface area contributed by atoms with Gasteiger partial charge in [-0.05, 0) is 36.2 Å². The first-order chi connectivity index (χ1) is 8.83. The fraction of sp³-hybridized carbons (Fsp3) is 0.143.